The first-order chi connectivity index (χ1) is 16.4. The van der Waals surface area contributed by atoms with Crippen LogP contribution in [-0.4, -0.2) is 20.1 Å². The maximum Gasteiger partial charge on any atom is 0.159 e. The molecule has 0 amide bonds. The number of aromatic nitrogens is 3. The molecule has 1 aliphatic heterocycles. The fourth-order valence-corrected chi connectivity index (χ4v) is 4.83. The molecule has 0 bridgehead atoms. The molecule has 5 nitrogen and oxygen atoms in total. The largest absolute Gasteiger partial charge is 0.504 e. The van der Waals surface area contributed by atoms with Crippen molar-refractivity contribution < 1.29 is 26.2 Å². The number of pyridine rings is 3. The van der Waals surface area contributed by atoms with Gasteiger partial charge in [-0.1, -0.05) is 49.7 Å². The topological polar surface area (TPSA) is 62.1 Å². The van der Waals surface area contributed by atoms with E-state index in [1.165, 1.54) is 17.3 Å². The van der Waals surface area contributed by atoms with E-state index in [1.807, 2.05) is 24.4 Å². The van der Waals surface area contributed by atoms with Crippen LogP contribution in [0.25, 0.3) is 22.2 Å². The molecular weight excluding hydrogens is 615 g/mol. The van der Waals surface area contributed by atoms with Crippen molar-refractivity contribution in [3.05, 3.63) is 102 Å². The van der Waals surface area contributed by atoms with Gasteiger partial charge < -0.3 is 10.0 Å². The van der Waals surface area contributed by atoms with Crippen LogP contribution >= 0.6 is 0 Å². The summed E-state index contributed by atoms with van der Waals surface area (Å²) in [5.41, 5.74) is 7.53. The number of aromatic hydroxyl groups is 1. The molecule has 1 N–H and O–H groups in total. The third kappa shape index (κ3) is 3.71. The van der Waals surface area contributed by atoms with Gasteiger partial charge in [-0.15, -0.1) is 23.8 Å². The molecular formula is C29H23N4OPt-. The Morgan fingerprint density at radius 3 is 2.60 bits per heavy atom. The van der Waals surface area contributed by atoms with Gasteiger partial charge in [-0.05, 0) is 53.0 Å². The molecule has 5 aromatic rings. The van der Waals surface area contributed by atoms with Gasteiger partial charge in [0.2, 0.25) is 0 Å². The summed E-state index contributed by atoms with van der Waals surface area (Å²) in [4.78, 5) is 15.7. The fourth-order valence-electron chi connectivity index (χ4n) is 4.83. The smallest absolute Gasteiger partial charge is 0.159 e. The normalized spacial score (nSPS) is 13.6. The molecule has 6 heteroatoms. The van der Waals surface area contributed by atoms with Crippen molar-refractivity contribution >= 4 is 28.1 Å². The summed E-state index contributed by atoms with van der Waals surface area (Å²) >= 11 is 0. The van der Waals surface area contributed by atoms with Gasteiger partial charge in [0.15, 0.2) is 5.75 Å². The number of anilines is 3. The third-order valence-electron chi connectivity index (χ3n) is 6.63. The van der Waals surface area contributed by atoms with Crippen LogP contribution in [0, 0.1) is 13.0 Å². The van der Waals surface area contributed by atoms with E-state index in [0.717, 1.165) is 39.4 Å². The van der Waals surface area contributed by atoms with Crippen molar-refractivity contribution in [1.82, 2.24) is 15.0 Å². The van der Waals surface area contributed by atoms with Crippen LogP contribution < -0.4 is 4.90 Å². The van der Waals surface area contributed by atoms with E-state index in [2.05, 4.69) is 79.2 Å². The number of benzene rings is 2. The Kier molecular flexibility index (Phi) is 5.69. The summed E-state index contributed by atoms with van der Waals surface area (Å²) < 4.78 is 0. The SMILES string of the molecule is Cc1ccnc(N2c3[c-]c(-c4ccc5cncc(O)c5n4)ccc3C(C)(C)c3ccccc32)c1.[Pt]. The van der Waals surface area contributed by atoms with Crippen LogP contribution in [0.2, 0.25) is 0 Å². The van der Waals surface area contributed by atoms with Crippen LogP contribution in [-0.2, 0) is 26.5 Å². The van der Waals surface area contributed by atoms with E-state index in [1.54, 1.807) is 6.20 Å². The van der Waals surface area contributed by atoms with E-state index in [0.29, 0.717) is 5.52 Å². The van der Waals surface area contributed by atoms with Crippen molar-refractivity contribution in [1.29, 1.82) is 0 Å². The second kappa shape index (κ2) is 8.58. The first-order valence-corrected chi connectivity index (χ1v) is 11.3. The minimum atomic E-state index is -0.206. The predicted octanol–water partition coefficient (Wildman–Crippen LogP) is 6.61. The molecule has 4 heterocycles. The minimum Gasteiger partial charge on any atom is -0.504 e. The summed E-state index contributed by atoms with van der Waals surface area (Å²) in [6.07, 6.45) is 4.96. The molecule has 3 aromatic heterocycles. The van der Waals surface area contributed by atoms with Gasteiger partial charge in [0.1, 0.15) is 11.3 Å². The molecule has 2 aromatic carbocycles. The van der Waals surface area contributed by atoms with Crippen LogP contribution in [0.15, 0.2) is 79.3 Å². The molecule has 0 atom stereocenters. The van der Waals surface area contributed by atoms with Crippen molar-refractivity contribution in [2.45, 2.75) is 26.2 Å². The van der Waals surface area contributed by atoms with Crippen LogP contribution in [0.4, 0.5) is 17.2 Å². The summed E-state index contributed by atoms with van der Waals surface area (Å²) in [6, 6.07) is 24.3. The monoisotopic (exact) mass is 638 g/mol. The predicted molar refractivity (Wildman–Crippen MR) is 135 cm³/mol. The summed E-state index contributed by atoms with van der Waals surface area (Å²) in [7, 11) is 0. The second-order valence-corrected chi connectivity index (χ2v) is 9.23. The number of hydrogen-bond acceptors (Lipinski definition) is 5. The molecule has 0 fully saturated rings. The maximum absolute atomic E-state index is 10.3. The van der Waals surface area contributed by atoms with Gasteiger partial charge in [-0.3, -0.25) is 9.97 Å². The van der Waals surface area contributed by atoms with Gasteiger partial charge in [-0.25, -0.2) is 4.98 Å². The van der Waals surface area contributed by atoms with Gasteiger partial charge in [-0.2, -0.15) is 0 Å². The Balaban J connectivity index is 0.00000253. The van der Waals surface area contributed by atoms with Crippen LogP contribution in [0.5, 0.6) is 5.75 Å². The van der Waals surface area contributed by atoms with Gasteiger partial charge in [0.25, 0.3) is 0 Å². The molecule has 0 unspecified atom stereocenters. The van der Waals surface area contributed by atoms with Crippen LogP contribution in [0.1, 0.15) is 30.5 Å². The zero-order valence-corrected chi connectivity index (χ0v) is 21.8. The van der Waals surface area contributed by atoms with Crippen LogP contribution in [0.3, 0.4) is 0 Å². The van der Waals surface area contributed by atoms with Crippen molar-refractivity contribution in [3.63, 3.8) is 0 Å². The summed E-state index contributed by atoms with van der Waals surface area (Å²) in [5.74, 6) is 0.922. The molecule has 0 aliphatic carbocycles. The molecule has 176 valence electrons. The van der Waals surface area contributed by atoms with Gasteiger partial charge in [0.05, 0.1) is 6.20 Å². The van der Waals surface area contributed by atoms with Gasteiger partial charge in [0, 0.05) is 44.5 Å². The molecule has 35 heavy (non-hydrogen) atoms. The Labute approximate surface area is 218 Å². The number of aryl methyl sites for hydroxylation is 1. The second-order valence-electron chi connectivity index (χ2n) is 9.23. The first kappa shape index (κ1) is 23.2. The molecule has 0 saturated carbocycles. The van der Waals surface area contributed by atoms with E-state index in [-0.39, 0.29) is 32.2 Å². The maximum atomic E-state index is 10.3. The van der Waals surface area contributed by atoms with E-state index < -0.39 is 0 Å². The fraction of sp³-hybridized carbons (Fsp3) is 0.138. The van der Waals surface area contributed by atoms with Crippen molar-refractivity contribution in [3.8, 4) is 17.0 Å². The van der Waals surface area contributed by atoms with E-state index in [9.17, 15) is 5.11 Å². The number of para-hydroxylation sites is 1. The summed E-state index contributed by atoms with van der Waals surface area (Å²) in [5, 5.41) is 11.1. The van der Waals surface area contributed by atoms with Crippen molar-refractivity contribution in [2.75, 3.05) is 4.90 Å². The molecule has 6 rings (SSSR count). The Morgan fingerprint density at radius 1 is 0.943 bits per heavy atom. The summed E-state index contributed by atoms with van der Waals surface area (Å²) in [6.45, 7) is 6.57. The quantitative estimate of drug-likeness (QED) is 0.221. The van der Waals surface area contributed by atoms with E-state index >= 15 is 0 Å². The number of fused-ring (bicyclic) bond motifs is 3. The molecule has 0 spiro atoms. The third-order valence-corrected chi connectivity index (χ3v) is 6.63. The number of hydrogen-bond donors (Lipinski definition) is 1. The number of nitrogens with zero attached hydrogens (tertiary/aromatic N) is 4. The molecule has 0 saturated heterocycles. The average molecular weight is 639 g/mol. The zero-order chi connectivity index (χ0) is 23.4. The Hall–Kier alpha value is -3.56. The van der Waals surface area contributed by atoms with Crippen molar-refractivity contribution in [2.24, 2.45) is 0 Å². The van der Waals surface area contributed by atoms with Gasteiger partial charge >= 0.3 is 0 Å². The first-order valence-electron chi connectivity index (χ1n) is 11.3. The Morgan fingerprint density at radius 2 is 1.77 bits per heavy atom. The standard InChI is InChI=1S/C29H23N4O.Pt/c1-18-12-13-31-27(14-18)33-24-7-5-4-6-21(24)29(2,3)22-10-8-19(15-25(22)33)23-11-9-20-16-30-17-26(34)28(20)32-23;/h4-14,16-17,34H,1-3H3;/q-1;. The number of rotatable bonds is 2. The Bertz CT molecular complexity index is 1580. The minimum absolute atomic E-state index is 0. The van der Waals surface area contributed by atoms with E-state index in [4.69, 9.17) is 9.97 Å². The molecule has 1 aliphatic rings. The average Bonchev–Trinajstić information content (AvgIpc) is 2.84. The molecule has 0 radical (unpaired) electrons. The zero-order valence-electron chi connectivity index (χ0n) is 19.6.